The summed E-state index contributed by atoms with van der Waals surface area (Å²) in [6.07, 6.45) is 0. The number of amidine groups is 2. The second-order valence-electron chi connectivity index (χ2n) is 6.32. The van der Waals surface area contributed by atoms with Gasteiger partial charge in [-0.2, -0.15) is 0 Å². The Morgan fingerprint density at radius 1 is 0.586 bits per heavy atom. The van der Waals surface area contributed by atoms with Gasteiger partial charge in [-0.25, -0.2) is 0 Å². The number of nitrogens with zero attached hydrogens (tertiary/aromatic N) is 4. The van der Waals surface area contributed by atoms with E-state index < -0.39 is 0 Å². The van der Waals surface area contributed by atoms with E-state index in [9.17, 15) is 0 Å². The van der Waals surface area contributed by atoms with Gasteiger partial charge >= 0.3 is 0 Å². The molecule has 0 unspecified atom stereocenters. The first kappa shape index (κ1) is 28.8. The first-order chi connectivity index (χ1) is 13.9. The molecule has 0 rings (SSSR count). The van der Waals surface area contributed by atoms with Gasteiger partial charge in [-0.1, -0.05) is 48.0 Å². The Morgan fingerprint density at radius 2 is 0.862 bits per heavy atom. The zero-order valence-corrected chi connectivity index (χ0v) is 23.1. The van der Waals surface area contributed by atoms with Crippen molar-refractivity contribution in [3.63, 3.8) is 0 Å². The fraction of sp³-hybridized carbons (Fsp3) is 0.810. The minimum Gasteiger partial charge on any atom is -0.261 e. The molecule has 29 heavy (non-hydrogen) atoms. The fourth-order valence-electron chi connectivity index (χ4n) is 3.27. The van der Waals surface area contributed by atoms with Gasteiger partial charge in [0.15, 0.2) is 8.39 Å². The van der Waals surface area contributed by atoms with Crippen LogP contribution in [0.3, 0.4) is 0 Å². The normalized spacial score (nSPS) is 10.5. The molecule has 0 aliphatic carbocycles. The van der Waals surface area contributed by atoms with Crippen molar-refractivity contribution in [2.24, 2.45) is 0 Å². The Hall–Kier alpha value is -0.180. The molecular weight excluding hydrogens is 437 g/mol. The summed E-state index contributed by atoms with van der Waals surface area (Å²) in [7, 11) is 0. The van der Waals surface area contributed by atoms with Crippen LogP contribution in [0.1, 0.15) is 55.4 Å². The van der Waals surface area contributed by atoms with Crippen molar-refractivity contribution in [2.75, 3.05) is 57.4 Å². The van der Waals surface area contributed by atoms with Gasteiger partial charge in [-0.15, -0.1) is 0 Å². The maximum absolute atomic E-state index is 5.86. The van der Waals surface area contributed by atoms with Crippen molar-refractivity contribution < 1.29 is 9.15 Å². The largest absolute Gasteiger partial charge is 0.296 e. The molecule has 0 fully saturated rings. The highest BCUT2D eigenvalue weighted by molar-refractivity contribution is 8.37. The highest BCUT2D eigenvalue weighted by atomic mass is 32.2. The van der Waals surface area contributed by atoms with Gasteiger partial charge < -0.3 is 0 Å². The first-order valence-electron chi connectivity index (χ1n) is 11.0. The summed E-state index contributed by atoms with van der Waals surface area (Å²) in [4.78, 5) is 4.74. The van der Waals surface area contributed by atoms with E-state index in [1.165, 1.54) is 11.7 Å². The van der Waals surface area contributed by atoms with Crippen LogP contribution >= 0.6 is 48.0 Å². The van der Waals surface area contributed by atoms with Crippen LogP contribution in [0.4, 0.5) is 0 Å². The van der Waals surface area contributed by atoms with Crippen molar-refractivity contribution >= 4 is 68.0 Å². The Bertz CT molecular complexity index is 517. The monoisotopic (exact) mass is 478 g/mol. The van der Waals surface area contributed by atoms with Crippen molar-refractivity contribution in [1.29, 1.82) is 0 Å². The van der Waals surface area contributed by atoms with Crippen LogP contribution in [0.2, 0.25) is 0 Å². The third-order valence-corrected chi connectivity index (χ3v) is 7.90. The molecule has 0 bridgehead atoms. The van der Waals surface area contributed by atoms with Gasteiger partial charge in [-0.05, 0) is 55.4 Å². The molecule has 0 aromatic heterocycles. The molecule has 0 radical (unpaired) electrons. The summed E-state index contributed by atoms with van der Waals surface area (Å²) in [6.45, 7) is 25.3. The summed E-state index contributed by atoms with van der Waals surface area (Å²) in [5.74, 6) is 2.39. The fourth-order valence-corrected chi connectivity index (χ4v) is 6.52. The lowest BCUT2D eigenvalue weighted by Gasteiger charge is -2.21. The molecule has 0 saturated carbocycles. The van der Waals surface area contributed by atoms with E-state index in [4.69, 9.17) is 24.4 Å². The highest BCUT2D eigenvalue weighted by Gasteiger charge is 2.27. The van der Waals surface area contributed by atoms with E-state index in [1.54, 1.807) is 23.5 Å². The molecule has 0 aliphatic rings. The molecule has 168 valence electrons. The molecule has 0 aromatic carbocycles. The van der Waals surface area contributed by atoms with Crippen LogP contribution in [-0.2, 0) is 0 Å². The van der Waals surface area contributed by atoms with Crippen LogP contribution in [0.5, 0.6) is 0 Å². The predicted octanol–water partition coefficient (Wildman–Crippen LogP) is 4.65. The van der Waals surface area contributed by atoms with Crippen LogP contribution in [0.15, 0.2) is 0 Å². The van der Waals surface area contributed by atoms with Gasteiger partial charge in [-0.3, -0.25) is 19.0 Å². The first-order valence-corrected chi connectivity index (χ1v) is 13.8. The maximum atomic E-state index is 5.86. The summed E-state index contributed by atoms with van der Waals surface area (Å²) in [6, 6.07) is 0. The van der Waals surface area contributed by atoms with Gasteiger partial charge in [0.25, 0.3) is 11.7 Å². The Morgan fingerprint density at radius 3 is 1.07 bits per heavy atom. The number of thioether (sulfide) groups is 2. The molecule has 0 atom stereocenters. The number of hydrogen-bond donors (Lipinski definition) is 0. The lowest BCUT2D eigenvalue weighted by Crippen LogP contribution is -2.42. The van der Waals surface area contributed by atoms with E-state index in [1.807, 2.05) is 0 Å². The van der Waals surface area contributed by atoms with Gasteiger partial charge in [0, 0.05) is 0 Å². The van der Waals surface area contributed by atoms with Crippen LogP contribution in [-0.4, -0.2) is 96.5 Å². The van der Waals surface area contributed by atoms with Gasteiger partial charge in [0.1, 0.15) is 0 Å². The van der Waals surface area contributed by atoms with Gasteiger partial charge in [0.05, 0.1) is 57.4 Å². The maximum Gasteiger partial charge on any atom is 0.296 e. The summed E-state index contributed by atoms with van der Waals surface area (Å²) in [5, 5.41) is 0.843. The highest BCUT2D eigenvalue weighted by Crippen LogP contribution is 2.20. The number of hydrogen-bond acceptors (Lipinski definition) is 4. The quantitative estimate of drug-likeness (QED) is 0.148. The van der Waals surface area contributed by atoms with Crippen molar-refractivity contribution in [2.45, 2.75) is 55.4 Å². The molecule has 0 heterocycles. The SMILES string of the molecule is CCN(CC)C(C(=S)SCSC(=S)C(N(CC)CC)=[N+](CC)CC)=[N+](CC)CC. The van der Waals surface area contributed by atoms with E-state index in [0.717, 1.165) is 65.8 Å². The smallest absolute Gasteiger partial charge is 0.261 e. The molecule has 0 saturated heterocycles. The summed E-state index contributed by atoms with van der Waals surface area (Å²) >= 11 is 15.2. The standard InChI is InChI=1S/C21H42N4S4/c1-9-22(10-2)18(23(11-3)12-4)20(26)28-17-29-21(27)19(24(13-5)14-6)25(15-7)16-8/h9-17H2,1-8H3/q+2. The predicted molar refractivity (Wildman–Crippen MR) is 144 cm³/mol. The second-order valence-corrected chi connectivity index (χ2v) is 9.99. The Kier molecular flexibility index (Phi) is 16.4. The van der Waals surface area contributed by atoms with Gasteiger partial charge in [0.2, 0.25) is 0 Å². The third kappa shape index (κ3) is 8.83. The van der Waals surface area contributed by atoms with E-state index in [2.05, 4.69) is 74.3 Å². The molecule has 0 aromatic rings. The van der Waals surface area contributed by atoms with Crippen molar-refractivity contribution in [3.8, 4) is 0 Å². The zero-order chi connectivity index (χ0) is 22.4. The van der Waals surface area contributed by atoms with Crippen LogP contribution in [0.25, 0.3) is 0 Å². The lowest BCUT2D eigenvalue weighted by atomic mass is 10.4. The molecular formula is C21H42N4S4+2. The minimum absolute atomic E-state index is 0.843. The molecule has 0 amide bonds. The average Bonchev–Trinajstić information content (AvgIpc) is 2.74. The third-order valence-electron chi connectivity index (χ3n) is 5.00. The van der Waals surface area contributed by atoms with E-state index in [0.29, 0.717) is 0 Å². The summed E-state index contributed by atoms with van der Waals surface area (Å²) < 4.78 is 6.68. The lowest BCUT2D eigenvalue weighted by molar-refractivity contribution is -0.523. The molecule has 0 spiro atoms. The van der Waals surface area contributed by atoms with Crippen molar-refractivity contribution in [3.05, 3.63) is 0 Å². The molecule has 0 N–H and O–H groups in total. The van der Waals surface area contributed by atoms with Crippen LogP contribution in [0, 0.1) is 0 Å². The molecule has 0 aliphatic heterocycles. The second kappa shape index (κ2) is 16.5. The van der Waals surface area contributed by atoms with E-state index >= 15 is 0 Å². The van der Waals surface area contributed by atoms with Crippen molar-refractivity contribution in [1.82, 2.24) is 9.80 Å². The number of thiocarbonyl (C=S) groups is 2. The number of rotatable bonds is 10. The zero-order valence-electron chi connectivity index (χ0n) is 19.8. The van der Waals surface area contributed by atoms with E-state index in [-0.39, 0.29) is 0 Å². The Labute approximate surface area is 199 Å². The average molecular weight is 479 g/mol. The minimum atomic E-state index is 0.843. The topological polar surface area (TPSA) is 12.5 Å². The van der Waals surface area contributed by atoms with Crippen LogP contribution < -0.4 is 0 Å². The molecule has 8 heteroatoms. The Balaban J connectivity index is 5.40. The molecule has 4 nitrogen and oxygen atoms in total. The summed E-state index contributed by atoms with van der Waals surface area (Å²) in [5.41, 5.74) is 0.